The zero-order chi connectivity index (χ0) is 11.0. The highest BCUT2D eigenvalue weighted by molar-refractivity contribution is 7.99. The fourth-order valence-electron chi connectivity index (χ4n) is 2.13. The summed E-state index contributed by atoms with van der Waals surface area (Å²) in [5.41, 5.74) is 1.88. The van der Waals surface area contributed by atoms with Crippen molar-refractivity contribution in [1.82, 2.24) is 9.97 Å². The first kappa shape index (κ1) is 10.0. The van der Waals surface area contributed by atoms with E-state index in [-0.39, 0.29) is 0 Å². The molecule has 16 heavy (non-hydrogen) atoms. The van der Waals surface area contributed by atoms with Gasteiger partial charge in [-0.3, -0.25) is 0 Å². The second-order valence-electron chi connectivity index (χ2n) is 4.18. The predicted molar refractivity (Wildman–Crippen MR) is 66.8 cm³/mol. The van der Waals surface area contributed by atoms with E-state index in [1.165, 1.54) is 25.0 Å². The zero-order valence-electron chi connectivity index (χ0n) is 8.94. The molecule has 0 saturated carbocycles. The summed E-state index contributed by atoms with van der Waals surface area (Å²) in [4.78, 5) is 7.90. The van der Waals surface area contributed by atoms with Crippen LogP contribution in [-0.2, 0) is 0 Å². The van der Waals surface area contributed by atoms with Gasteiger partial charge in [-0.1, -0.05) is 6.42 Å². The van der Waals surface area contributed by atoms with E-state index in [1.807, 2.05) is 17.8 Å². The molecule has 1 aromatic heterocycles. The van der Waals surface area contributed by atoms with E-state index < -0.39 is 0 Å². The highest BCUT2D eigenvalue weighted by Crippen LogP contribution is 2.37. The van der Waals surface area contributed by atoms with Gasteiger partial charge in [-0.15, -0.1) is 0 Å². The summed E-state index contributed by atoms with van der Waals surface area (Å²) >= 11 is 1.98. The fraction of sp³-hybridized carbons (Fsp3) is 0.417. The summed E-state index contributed by atoms with van der Waals surface area (Å²) < 4.78 is 0. The molecule has 84 valence electrons. The third-order valence-corrected chi connectivity index (χ3v) is 4.35. The smallest absolute Gasteiger partial charge is 0.120 e. The first-order valence-corrected chi connectivity index (χ1v) is 6.68. The van der Waals surface area contributed by atoms with Gasteiger partial charge in [-0.25, -0.2) is 4.98 Å². The molecule has 0 spiro atoms. The Kier molecular flexibility index (Phi) is 2.52. The SMILES string of the molecule is Oc1ccc2nc(C3CCCCS3)[nH]c2c1. The first-order chi connectivity index (χ1) is 7.83. The molecule has 1 aliphatic heterocycles. The van der Waals surface area contributed by atoms with Crippen molar-refractivity contribution in [3.8, 4) is 5.75 Å². The number of nitrogens with one attached hydrogen (secondary N) is 1. The van der Waals surface area contributed by atoms with Crippen LogP contribution in [0.15, 0.2) is 18.2 Å². The van der Waals surface area contributed by atoms with E-state index in [0.29, 0.717) is 11.0 Å². The number of benzene rings is 1. The van der Waals surface area contributed by atoms with Gasteiger partial charge in [0.1, 0.15) is 11.6 Å². The average molecular weight is 234 g/mol. The van der Waals surface area contributed by atoms with Crippen LogP contribution in [-0.4, -0.2) is 20.8 Å². The lowest BCUT2D eigenvalue weighted by molar-refractivity contribution is 0.476. The molecule has 2 N–H and O–H groups in total. The quantitative estimate of drug-likeness (QED) is 0.796. The minimum Gasteiger partial charge on any atom is -0.508 e. The monoisotopic (exact) mass is 234 g/mol. The lowest BCUT2D eigenvalue weighted by atomic mass is 10.2. The Morgan fingerprint density at radius 1 is 1.38 bits per heavy atom. The number of aromatic hydroxyl groups is 1. The molecule has 1 atom stereocenters. The number of aromatic amines is 1. The number of hydrogen-bond acceptors (Lipinski definition) is 3. The maximum atomic E-state index is 9.40. The van der Waals surface area contributed by atoms with Gasteiger partial charge in [0, 0.05) is 6.07 Å². The standard InChI is InChI=1S/C12H14N2OS/c15-8-4-5-9-10(7-8)14-12(13-9)11-3-1-2-6-16-11/h4-5,7,11,15H,1-3,6H2,(H,13,14). The third kappa shape index (κ3) is 1.78. The van der Waals surface area contributed by atoms with Gasteiger partial charge in [0.15, 0.2) is 0 Å². The maximum absolute atomic E-state index is 9.40. The van der Waals surface area contributed by atoms with Crippen molar-refractivity contribution in [3.63, 3.8) is 0 Å². The van der Waals surface area contributed by atoms with E-state index in [1.54, 1.807) is 12.1 Å². The zero-order valence-corrected chi connectivity index (χ0v) is 9.76. The van der Waals surface area contributed by atoms with E-state index in [9.17, 15) is 5.11 Å². The van der Waals surface area contributed by atoms with Crippen molar-refractivity contribution in [2.75, 3.05) is 5.75 Å². The third-order valence-electron chi connectivity index (χ3n) is 2.97. The van der Waals surface area contributed by atoms with E-state index in [4.69, 9.17) is 0 Å². The van der Waals surface area contributed by atoms with Crippen molar-refractivity contribution < 1.29 is 5.11 Å². The van der Waals surface area contributed by atoms with Crippen molar-refractivity contribution in [1.29, 1.82) is 0 Å². The highest BCUT2D eigenvalue weighted by Gasteiger charge is 2.19. The van der Waals surface area contributed by atoms with Crippen molar-refractivity contribution in [2.45, 2.75) is 24.5 Å². The number of phenolic OH excluding ortho intramolecular Hbond substituents is 1. The van der Waals surface area contributed by atoms with Gasteiger partial charge >= 0.3 is 0 Å². The van der Waals surface area contributed by atoms with Gasteiger partial charge in [0.2, 0.25) is 0 Å². The topological polar surface area (TPSA) is 48.9 Å². The van der Waals surface area contributed by atoms with Crippen LogP contribution in [0.4, 0.5) is 0 Å². The van der Waals surface area contributed by atoms with Crippen LogP contribution >= 0.6 is 11.8 Å². The molecule has 4 heteroatoms. The fourth-order valence-corrected chi connectivity index (χ4v) is 3.38. The van der Waals surface area contributed by atoms with Crippen LogP contribution < -0.4 is 0 Å². The van der Waals surface area contributed by atoms with Crippen molar-refractivity contribution >= 4 is 22.8 Å². The molecule has 1 aliphatic rings. The van der Waals surface area contributed by atoms with E-state index in [2.05, 4.69) is 9.97 Å². The maximum Gasteiger partial charge on any atom is 0.120 e. The van der Waals surface area contributed by atoms with Crippen LogP contribution in [0.25, 0.3) is 11.0 Å². The normalized spacial score (nSPS) is 21.4. The van der Waals surface area contributed by atoms with Gasteiger partial charge in [0.05, 0.1) is 16.3 Å². The summed E-state index contributed by atoms with van der Waals surface area (Å²) in [5.74, 6) is 2.58. The Labute approximate surface area is 98.3 Å². The van der Waals surface area contributed by atoms with Gasteiger partial charge in [0.25, 0.3) is 0 Å². The summed E-state index contributed by atoms with van der Waals surface area (Å²) in [6.45, 7) is 0. The number of imidazole rings is 1. The molecular formula is C12H14N2OS. The van der Waals surface area contributed by atoms with E-state index >= 15 is 0 Å². The number of fused-ring (bicyclic) bond motifs is 1. The second kappa shape index (κ2) is 4.01. The second-order valence-corrected chi connectivity index (χ2v) is 5.49. The van der Waals surface area contributed by atoms with Gasteiger partial charge < -0.3 is 10.1 Å². The minimum atomic E-state index is 0.291. The Hall–Kier alpha value is -1.16. The molecule has 0 bridgehead atoms. The molecule has 3 rings (SSSR count). The lowest BCUT2D eigenvalue weighted by Gasteiger charge is -2.18. The minimum absolute atomic E-state index is 0.291. The largest absolute Gasteiger partial charge is 0.508 e. The Morgan fingerprint density at radius 2 is 2.31 bits per heavy atom. The predicted octanol–water partition coefficient (Wildman–Crippen LogP) is 3.23. The number of phenols is 1. The number of H-pyrrole nitrogens is 1. The molecule has 0 amide bonds. The van der Waals surface area contributed by atoms with Crippen LogP contribution in [0.5, 0.6) is 5.75 Å². The van der Waals surface area contributed by atoms with Crippen LogP contribution in [0.1, 0.15) is 30.3 Å². The van der Waals surface area contributed by atoms with Gasteiger partial charge in [-0.05, 0) is 30.7 Å². The number of nitrogens with zero attached hydrogens (tertiary/aromatic N) is 1. The molecule has 3 nitrogen and oxygen atoms in total. The molecule has 1 fully saturated rings. The molecule has 0 radical (unpaired) electrons. The number of rotatable bonds is 1. The molecule has 2 heterocycles. The molecule has 1 aromatic carbocycles. The summed E-state index contributed by atoms with van der Waals surface area (Å²) in [7, 11) is 0. The summed E-state index contributed by atoms with van der Waals surface area (Å²) in [5, 5.41) is 9.90. The van der Waals surface area contributed by atoms with Crippen LogP contribution in [0.3, 0.4) is 0 Å². The molecule has 1 saturated heterocycles. The number of thioether (sulfide) groups is 1. The highest BCUT2D eigenvalue weighted by atomic mass is 32.2. The van der Waals surface area contributed by atoms with E-state index in [0.717, 1.165) is 16.9 Å². The lowest BCUT2D eigenvalue weighted by Crippen LogP contribution is -2.03. The summed E-state index contributed by atoms with van der Waals surface area (Å²) in [6, 6.07) is 5.28. The van der Waals surface area contributed by atoms with Crippen LogP contribution in [0.2, 0.25) is 0 Å². The number of aromatic nitrogens is 2. The molecule has 0 aliphatic carbocycles. The number of hydrogen-bond donors (Lipinski definition) is 2. The van der Waals surface area contributed by atoms with Crippen molar-refractivity contribution in [2.24, 2.45) is 0 Å². The molecule has 2 aromatic rings. The van der Waals surface area contributed by atoms with Gasteiger partial charge in [-0.2, -0.15) is 11.8 Å². The first-order valence-electron chi connectivity index (χ1n) is 5.63. The Bertz CT molecular complexity index is 503. The van der Waals surface area contributed by atoms with Crippen molar-refractivity contribution in [3.05, 3.63) is 24.0 Å². The Morgan fingerprint density at radius 3 is 3.12 bits per heavy atom. The molecule has 1 unspecified atom stereocenters. The molecular weight excluding hydrogens is 220 g/mol. The summed E-state index contributed by atoms with van der Waals surface area (Å²) in [6.07, 6.45) is 3.82. The van der Waals surface area contributed by atoms with Crippen LogP contribution in [0, 0.1) is 0 Å². The Balaban J connectivity index is 1.97. The average Bonchev–Trinajstić information content (AvgIpc) is 2.73.